The third kappa shape index (κ3) is 5.02. The maximum atomic E-state index is 13.7. The SMILES string of the molecule is CC=CC(Cl)=C1C(=O)N(c2cccc[n+]2CC2CN(c3nc(N)ncc3C(C)=O)C2)C=NC(C)C1C. The number of nitrogens with zero attached hydrogens (tertiary/aromatic N) is 6. The van der Waals surface area contributed by atoms with Gasteiger partial charge in [-0.1, -0.05) is 30.7 Å². The zero-order valence-electron chi connectivity index (χ0n) is 20.9. The van der Waals surface area contributed by atoms with Gasteiger partial charge >= 0.3 is 5.91 Å². The number of pyridine rings is 1. The molecule has 2 aromatic heterocycles. The van der Waals surface area contributed by atoms with Gasteiger partial charge in [-0.2, -0.15) is 4.98 Å². The van der Waals surface area contributed by atoms with Crippen LogP contribution >= 0.6 is 11.6 Å². The Morgan fingerprint density at radius 1 is 1.31 bits per heavy atom. The highest BCUT2D eigenvalue weighted by atomic mass is 35.5. The largest absolute Gasteiger partial charge is 0.368 e. The van der Waals surface area contributed by atoms with Crippen molar-refractivity contribution in [2.75, 3.05) is 28.6 Å². The van der Waals surface area contributed by atoms with Crippen LogP contribution in [0.5, 0.6) is 0 Å². The average Bonchev–Trinajstić information content (AvgIpc) is 2.92. The molecule has 4 heterocycles. The standard InChI is InChI=1S/C26H30ClN7O2/c1-5-8-21(27)23-16(2)17(3)30-15-34(25(23)36)22-9-6-7-10-32(22)12-19-13-33(14-19)24-20(18(4)35)11-29-26(28)31-24/h5-11,15-17,19H,12-14H2,1-4H3,(H-,28,29,31,35)/p+1. The second-order valence-corrected chi connectivity index (χ2v) is 9.64. The van der Waals surface area contributed by atoms with E-state index in [0.29, 0.717) is 47.4 Å². The average molecular weight is 509 g/mol. The van der Waals surface area contributed by atoms with Crippen LogP contribution in [0.25, 0.3) is 0 Å². The quantitative estimate of drug-likeness (QED) is 0.365. The Bertz CT molecular complexity index is 1270. The second-order valence-electron chi connectivity index (χ2n) is 9.23. The lowest BCUT2D eigenvalue weighted by molar-refractivity contribution is -0.690. The van der Waals surface area contributed by atoms with Crippen molar-refractivity contribution in [2.45, 2.75) is 40.3 Å². The van der Waals surface area contributed by atoms with Crippen LogP contribution in [0.15, 0.2) is 58.3 Å². The summed E-state index contributed by atoms with van der Waals surface area (Å²) in [5.74, 6) is 1.29. The van der Waals surface area contributed by atoms with Crippen molar-refractivity contribution in [3.63, 3.8) is 0 Å². The van der Waals surface area contributed by atoms with Crippen LogP contribution in [0.2, 0.25) is 0 Å². The van der Waals surface area contributed by atoms with Crippen LogP contribution < -0.4 is 20.1 Å². The maximum absolute atomic E-state index is 13.7. The lowest BCUT2D eigenvalue weighted by Gasteiger charge is -2.40. The number of halogens is 1. The summed E-state index contributed by atoms with van der Waals surface area (Å²) >= 11 is 6.55. The van der Waals surface area contributed by atoms with Crippen LogP contribution in [0.4, 0.5) is 17.6 Å². The van der Waals surface area contributed by atoms with Gasteiger partial charge in [0.2, 0.25) is 5.95 Å². The fraction of sp³-hybridized carbons (Fsp3) is 0.385. The van der Waals surface area contributed by atoms with Gasteiger partial charge in [0.05, 0.1) is 35.0 Å². The Hall–Kier alpha value is -3.59. The molecule has 0 saturated carbocycles. The summed E-state index contributed by atoms with van der Waals surface area (Å²) < 4.78 is 2.05. The number of nitrogen functional groups attached to an aromatic ring is 1. The lowest BCUT2D eigenvalue weighted by atomic mass is 9.93. The van der Waals surface area contributed by atoms with Gasteiger partial charge < -0.3 is 10.6 Å². The number of nitrogens with two attached hydrogens (primary N) is 1. The van der Waals surface area contributed by atoms with Crippen molar-refractivity contribution in [3.05, 3.63) is 58.9 Å². The number of anilines is 3. The first kappa shape index (κ1) is 25.5. The minimum absolute atomic E-state index is 0.0962. The third-order valence-corrected chi connectivity index (χ3v) is 6.99. The topological polar surface area (TPSA) is 109 Å². The monoisotopic (exact) mass is 508 g/mol. The summed E-state index contributed by atoms with van der Waals surface area (Å²) in [5, 5.41) is 0.430. The number of carbonyl (C=O) groups excluding carboxylic acids is 2. The van der Waals surface area contributed by atoms with Crippen molar-refractivity contribution in [1.29, 1.82) is 0 Å². The smallest absolute Gasteiger partial charge is 0.344 e. The minimum Gasteiger partial charge on any atom is -0.368 e. The molecule has 9 nitrogen and oxygen atoms in total. The van der Waals surface area contributed by atoms with E-state index in [1.807, 2.05) is 60.7 Å². The molecule has 1 fully saturated rings. The number of ketones is 1. The van der Waals surface area contributed by atoms with Gasteiger partial charge in [0.25, 0.3) is 5.82 Å². The lowest BCUT2D eigenvalue weighted by Crippen LogP contribution is -2.55. The van der Waals surface area contributed by atoms with Gasteiger partial charge in [0.15, 0.2) is 12.1 Å². The summed E-state index contributed by atoms with van der Waals surface area (Å²) in [6.45, 7) is 9.39. The van der Waals surface area contributed by atoms with Crippen LogP contribution in [0.3, 0.4) is 0 Å². The summed E-state index contributed by atoms with van der Waals surface area (Å²) in [7, 11) is 0. The summed E-state index contributed by atoms with van der Waals surface area (Å²) in [6, 6.07) is 5.65. The van der Waals surface area contributed by atoms with Crippen molar-refractivity contribution >= 4 is 47.2 Å². The predicted molar refractivity (Wildman–Crippen MR) is 141 cm³/mol. The molecule has 0 spiro atoms. The van der Waals surface area contributed by atoms with Crippen LogP contribution in [-0.2, 0) is 11.3 Å². The first-order valence-corrected chi connectivity index (χ1v) is 12.3. The molecule has 4 rings (SSSR count). The molecule has 10 heteroatoms. The summed E-state index contributed by atoms with van der Waals surface area (Å²) in [4.78, 5) is 42.2. The number of carbonyl (C=O) groups is 2. The van der Waals surface area contributed by atoms with E-state index in [2.05, 4.69) is 15.0 Å². The van der Waals surface area contributed by atoms with E-state index in [9.17, 15) is 9.59 Å². The number of Topliss-reactive ketones (excluding diaryl/α,β-unsaturated/α-hetero) is 1. The fourth-order valence-corrected chi connectivity index (χ4v) is 4.87. The Labute approximate surface area is 216 Å². The summed E-state index contributed by atoms with van der Waals surface area (Å²) in [5.41, 5.74) is 6.78. The molecule has 188 valence electrons. The van der Waals surface area contributed by atoms with Crippen LogP contribution in [0, 0.1) is 11.8 Å². The number of hydrogen-bond donors (Lipinski definition) is 1. The normalized spacial score (nSPS) is 22.1. The molecule has 2 aliphatic rings. The second kappa shape index (κ2) is 10.6. The van der Waals surface area contributed by atoms with Gasteiger partial charge in [-0.3, -0.25) is 9.79 Å². The minimum atomic E-state index is -0.184. The zero-order chi connectivity index (χ0) is 26.0. The molecule has 2 N–H and O–H groups in total. The van der Waals surface area contributed by atoms with Gasteiger partial charge in [-0.15, -0.1) is 4.90 Å². The van der Waals surface area contributed by atoms with E-state index < -0.39 is 0 Å². The highest BCUT2D eigenvalue weighted by Crippen LogP contribution is 2.30. The fourth-order valence-electron chi connectivity index (χ4n) is 4.49. The first-order valence-electron chi connectivity index (χ1n) is 12.0. The van der Waals surface area contributed by atoms with Crippen LogP contribution in [-0.4, -0.2) is 47.1 Å². The van der Waals surface area contributed by atoms with Crippen molar-refractivity contribution in [1.82, 2.24) is 9.97 Å². The van der Waals surface area contributed by atoms with Crippen molar-refractivity contribution in [3.8, 4) is 0 Å². The third-order valence-electron chi connectivity index (χ3n) is 6.66. The van der Waals surface area contributed by atoms with Gasteiger partial charge in [-0.25, -0.2) is 14.3 Å². The van der Waals surface area contributed by atoms with E-state index >= 15 is 0 Å². The molecule has 1 amide bonds. The van der Waals surface area contributed by atoms with E-state index in [4.69, 9.17) is 17.3 Å². The van der Waals surface area contributed by atoms with E-state index in [-0.39, 0.29) is 35.5 Å². The molecule has 1 saturated heterocycles. The molecule has 0 bridgehead atoms. The van der Waals surface area contributed by atoms with E-state index in [0.717, 1.165) is 0 Å². The Morgan fingerprint density at radius 2 is 2.06 bits per heavy atom. The molecule has 36 heavy (non-hydrogen) atoms. The Morgan fingerprint density at radius 3 is 2.75 bits per heavy atom. The van der Waals surface area contributed by atoms with Gasteiger partial charge in [0, 0.05) is 37.2 Å². The van der Waals surface area contributed by atoms with Crippen LogP contribution in [0.1, 0.15) is 38.1 Å². The molecular formula is C26H31ClN7O2+. The molecule has 2 aliphatic heterocycles. The Kier molecular flexibility index (Phi) is 7.49. The van der Waals surface area contributed by atoms with Gasteiger partial charge in [0.1, 0.15) is 5.82 Å². The Balaban J connectivity index is 1.58. The molecule has 2 aromatic rings. The van der Waals surface area contributed by atoms with E-state index in [1.54, 1.807) is 17.3 Å². The number of amides is 1. The molecular weight excluding hydrogens is 478 g/mol. The van der Waals surface area contributed by atoms with Gasteiger partial charge in [-0.05, 0) is 32.9 Å². The summed E-state index contributed by atoms with van der Waals surface area (Å²) in [6.07, 6.45) is 8.62. The van der Waals surface area contributed by atoms with E-state index in [1.165, 1.54) is 13.1 Å². The maximum Gasteiger partial charge on any atom is 0.344 e. The van der Waals surface area contributed by atoms with Crippen molar-refractivity contribution in [2.24, 2.45) is 16.8 Å². The number of allylic oxidation sites excluding steroid dienone is 3. The first-order chi connectivity index (χ1) is 17.2. The highest BCUT2D eigenvalue weighted by Gasteiger charge is 2.39. The molecule has 2 unspecified atom stereocenters. The van der Waals surface area contributed by atoms with Crippen molar-refractivity contribution < 1.29 is 14.2 Å². The molecule has 0 aliphatic carbocycles. The number of aromatic nitrogens is 3. The number of hydrogen-bond acceptors (Lipinski definition) is 7. The number of aliphatic imine (C=N–C) groups is 1. The number of rotatable bonds is 6. The highest BCUT2D eigenvalue weighted by molar-refractivity contribution is 6.35. The molecule has 0 aromatic carbocycles. The predicted octanol–water partition coefficient (Wildman–Crippen LogP) is 3.15. The molecule has 2 atom stereocenters. The molecule has 0 radical (unpaired) electrons. The zero-order valence-corrected chi connectivity index (χ0v) is 21.7.